The van der Waals surface area contributed by atoms with E-state index in [2.05, 4.69) is 21.2 Å². The lowest BCUT2D eigenvalue weighted by Crippen LogP contribution is -2.07. The molecule has 1 fully saturated rings. The topological polar surface area (TPSA) is 12.0 Å². The van der Waals surface area contributed by atoms with Crippen LogP contribution >= 0.6 is 15.9 Å². The van der Waals surface area contributed by atoms with Crippen molar-refractivity contribution in [3.63, 3.8) is 0 Å². The van der Waals surface area contributed by atoms with Crippen molar-refractivity contribution in [3.8, 4) is 0 Å². The molecular weight excluding hydrogens is 281 g/mol. The Kier molecular flexibility index (Phi) is 3.12. The van der Waals surface area contributed by atoms with Crippen LogP contribution in [0, 0.1) is 11.7 Å². The molecule has 0 amide bonds. The molecule has 1 N–H and O–H groups in total. The van der Waals surface area contributed by atoms with Gasteiger partial charge in [-0.25, -0.2) is 4.39 Å². The van der Waals surface area contributed by atoms with Crippen LogP contribution in [0.1, 0.15) is 43.6 Å². The molecule has 0 bridgehead atoms. The van der Waals surface area contributed by atoms with Crippen LogP contribution in [0.4, 0.5) is 10.1 Å². The molecule has 0 aromatic heterocycles. The Hall–Kier alpha value is -0.570. The average Bonchev–Trinajstić information content (AvgIpc) is 2.89. The number of rotatable bonds is 2. The summed E-state index contributed by atoms with van der Waals surface area (Å²) >= 11 is 3.44. The highest BCUT2D eigenvalue weighted by Gasteiger charge is 2.28. The standard InChI is InChI=1S/C14H17BrFN/c15-13-7-11(16)6-12-10(8-17-14(12)13)5-9-3-1-2-4-9/h6-7,9-10,17H,1-5,8H2. The molecular formula is C14H17BrFN. The Bertz CT molecular complexity index is 426. The number of nitrogens with one attached hydrogen (secondary N) is 1. The summed E-state index contributed by atoms with van der Waals surface area (Å²) < 4.78 is 14.3. The maximum absolute atomic E-state index is 13.5. The number of hydrogen-bond donors (Lipinski definition) is 1. The third-order valence-electron chi connectivity index (χ3n) is 4.14. The third-order valence-corrected chi connectivity index (χ3v) is 4.77. The van der Waals surface area contributed by atoms with Gasteiger partial charge in [0.1, 0.15) is 5.82 Å². The van der Waals surface area contributed by atoms with Crippen LogP contribution in [0.3, 0.4) is 0 Å². The highest BCUT2D eigenvalue weighted by molar-refractivity contribution is 9.10. The predicted octanol–water partition coefficient (Wildman–Crippen LogP) is 4.68. The summed E-state index contributed by atoms with van der Waals surface area (Å²) in [5, 5.41) is 3.41. The summed E-state index contributed by atoms with van der Waals surface area (Å²) in [6.07, 6.45) is 6.70. The Morgan fingerprint density at radius 3 is 2.82 bits per heavy atom. The Labute approximate surface area is 110 Å². The summed E-state index contributed by atoms with van der Waals surface area (Å²) in [5.41, 5.74) is 2.28. The minimum Gasteiger partial charge on any atom is -0.383 e. The van der Waals surface area contributed by atoms with E-state index in [1.165, 1.54) is 37.7 Å². The van der Waals surface area contributed by atoms with Crippen molar-refractivity contribution in [2.75, 3.05) is 11.9 Å². The fourth-order valence-corrected chi connectivity index (χ4v) is 3.88. The maximum atomic E-state index is 13.5. The molecule has 1 unspecified atom stereocenters. The van der Waals surface area contributed by atoms with Gasteiger partial charge in [-0.2, -0.15) is 0 Å². The second kappa shape index (κ2) is 4.60. The van der Waals surface area contributed by atoms with E-state index in [1.54, 1.807) is 12.1 Å². The van der Waals surface area contributed by atoms with E-state index in [9.17, 15) is 4.39 Å². The summed E-state index contributed by atoms with van der Waals surface area (Å²) in [6, 6.07) is 3.25. The van der Waals surface area contributed by atoms with Gasteiger partial charge in [-0.05, 0) is 46.0 Å². The van der Waals surface area contributed by atoms with Crippen LogP contribution in [-0.4, -0.2) is 6.54 Å². The molecule has 1 atom stereocenters. The largest absolute Gasteiger partial charge is 0.383 e. The summed E-state index contributed by atoms with van der Waals surface area (Å²) in [6.45, 7) is 0.966. The quantitative estimate of drug-likeness (QED) is 0.836. The van der Waals surface area contributed by atoms with Gasteiger partial charge in [0, 0.05) is 16.9 Å². The summed E-state index contributed by atoms with van der Waals surface area (Å²) in [4.78, 5) is 0. The van der Waals surface area contributed by atoms with Gasteiger partial charge < -0.3 is 5.32 Å². The molecule has 3 rings (SSSR count). The van der Waals surface area contributed by atoms with Crippen LogP contribution in [0.25, 0.3) is 0 Å². The zero-order valence-electron chi connectivity index (χ0n) is 9.81. The zero-order chi connectivity index (χ0) is 11.8. The van der Waals surface area contributed by atoms with E-state index in [0.29, 0.717) is 5.92 Å². The highest BCUT2D eigenvalue weighted by atomic mass is 79.9. The van der Waals surface area contributed by atoms with Gasteiger partial charge in [-0.3, -0.25) is 0 Å². The predicted molar refractivity (Wildman–Crippen MR) is 71.9 cm³/mol. The number of hydrogen-bond acceptors (Lipinski definition) is 1. The lowest BCUT2D eigenvalue weighted by molar-refractivity contribution is 0.459. The van der Waals surface area contributed by atoms with Gasteiger partial charge in [0.05, 0.1) is 5.69 Å². The first-order chi connectivity index (χ1) is 8.24. The van der Waals surface area contributed by atoms with E-state index in [-0.39, 0.29) is 5.82 Å². The highest BCUT2D eigenvalue weighted by Crippen LogP contribution is 2.42. The first kappa shape index (κ1) is 11.5. The molecule has 1 nitrogen and oxygen atoms in total. The SMILES string of the molecule is Fc1cc(Br)c2c(c1)C(CC1CCCC1)CN2. The van der Waals surface area contributed by atoms with Gasteiger partial charge in [0.25, 0.3) is 0 Å². The van der Waals surface area contributed by atoms with E-state index < -0.39 is 0 Å². The molecule has 0 spiro atoms. The van der Waals surface area contributed by atoms with Crippen molar-refractivity contribution < 1.29 is 4.39 Å². The van der Waals surface area contributed by atoms with Crippen molar-refractivity contribution in [1.29, 1.82) is 0 Å². The normalized spacial score (nSPS) is 23.8. The lowest BCUT2D eigenvalue weighted by atomic mass is 9.89. The van der Waals surface area contributed by atoms with E-state index in [1.807, 2.05) is 0 Å². The number of benzene rings is 1. The molecule has 0 saturated heterocycles. The lowest BCUT2D eigenvalue weighted by Gasteiger charge is -2.15. The maximum Gasteiger partial charge on any atom is 0.124 e. The minimum atomic E-state index is -0.129. The smallest absolute Gasteiger partial charge is 0.124 e. The van der Waals surface area contributed by atoms with E-state index >= 15 is 0 Å². The fraction of sp³-hybridized carbons (Fsp3) is 0.571. The second-order valence-electron chi connectivity index (χ2n) is 5.32. The molecule has 0 radical (unpaired) electrons. The fourth-order valence-electron chi connectivity index (χ4n) is 3.30. The first-order valence-electron chi connectivity index (χ1n) is 6.47. The molecule has 3 heteroatoms. The Morgan fingerprint density at radius 1 is 1.29 bits per heavy atom. The van der Waals surface area contributed by atoms with Crippen LogP contribution in [0.5, 0.6) is 0 Å². The van der Waals surface area contributed by atoms with Crippen molar-refractivity contribution >= 4 is 21.6 Å². The van der Waals surface area contributed by atoms with Crippen LogP contribution in [-0.2, 0) is 0 Å². The van der Waals surface area contributed by atoms with Gasteiger partial charge in [0.15, 0.2) is 0 Å². The van der Waals surface area contributed by atoms with Crippen molar-refractivity contribution in [2.24, 2.45) is 5.92 Å². The molecule has 1 aromatic rings. The van der Waals surface area contributed by atoms with Crippen molar-refractivity contribution in [2.45, 2.75) is 38.0 Å². The molecule has 92 valence electrons. The molecule has 1 aliphatic carbocycles. The van der Waals surface area contributed by atoms with Crippen LogP contribution in [0.2, 0.25) is 0 Å². The second-order valence-corrected chi connectivity index (χ2v) is 6.17. The monoisotopic (exact) mass is 297 g/mol. The van der Waals surface area contributed by atoms with Crippen molar-refractivity contribution in [3.05, 3.63) is 28.0 Å². The third kappa shape index (κ3) is 2.22. The average molecular weight is 298 g/mol. The summed E-state index contributed by atoms with van der Waals surface area (Å²) in [5.74, 6) is 1.23. The number of halogens is 2. The Balaban J connectivity index is 1.82. The molecule has 2 aliphatic rings. The van der Waals surface area contributed by atoms with Crippen LogP contribution < -0.4 is 5.32 Å². The van der Waals surface area contributed by atoms with Crippen LogP contribution in [0.15, 0.2) is 16.6 Å². The van der Waals surface area contributed by atoms with Gasteiger partial charge >= 0.3 is 0 Å². The molecule has 17 heavy (non-hydrogen) atoms. The number of anilines is 1. The molecule has 1 heterocycles. The summed E-state index contributed by atoms with van der Waals surface area (Å²) in [7, 11) is 0. The van der Waals surface area contributed by atoms with E-state index in [0.717, 1.165) is 22.6 Å². The molecule has 1 saturated carbocycles. The zero-order valence-corrected chi connectivity index (χ0v) is 11.4. The number of fused-ring (bicyclic) bond motifs is 1. The Morgan fingerprint density at radius 2 is 2.06 bits per heavy atom. The van der Waals surface area contributed by atoms with Gasteiger partial charge in [0.2, 0.25) is 0 Å². The van der Waals surface area contributed by atoms with Gasteiger partial charge in [-0.1, -0.05) is 25.7 Å². The first-order valence-corrected chi connectivity index (χ1v) is 7.26. The molecule has 1 aliphatic heterocycles. The molecule has 1 aromatic carbocycles. The van der Waals surface area contributed by atoms with Crippen molar-refractivity contribution in [1.82, 2.24) is 0 Å². The minimum absolute atomic E-state index is 0.129. The van der Waals surface area contributed by atoms with Gasteiger partial charge in [-0.15, -0.1) is 0 Å². The van der Waals surface area contributed by atoms with E-state index in [4.69, 9.17) is 0 Å².